The molecule has 7 nitrogen and oxygen atoms in total. The van der Waals surface area contributed by atoms with Gasteiger partial charge in [0.15, 0.2) is 0 Å². The monoisotopic (exact) mass is 403 g/mol. The molecule has 152 valence electrons. The highest BCUT2D eigenvalue weighted by Gasteiger charge is 2.22. The zero-order chi connectivity index (χ0) is 20.3. The fourth-order valence-electron chi connectivity index (χ4n) is 3.21. The van der Waals surface area contributed by atoms with Gasteiger partial charge < -0.3 is 4.90 Å². The number of nitrogens with zero attached hydrogens (tertiary/aromatic N) is 5. The number of hydrogen-bond donors (Lipinski definition) is 0. The molecule has 0 saturated carbocycles. The minimum absolute atomic E-state index is 0.0679. The fourth-order valence-corrected chi connectivity index (χ4v) is 4.00. The third kappa shape index (κ3) is 5.26. The lowest BCUT2D eigenvalue weighted by Gasteiger charge is -2.34. The van der Waals surface area contributed by atoms with Crippen molar-refractivity contribution in [1.82, 2.24) is 24.6 Å². The van der Waals surface area contributed by atoms with Crippen LogP contribution in [-0.4, -0.2) is 63.2 Å². The lowest BCUT2D eigenvalue weighted by atomic mass is 9.92. The van der Waals surface area contributed by atoms with Crippen molar-refractivity contribution in [2.45, 2.75) is 46.1 Å². The summed E-state index contributed by atoms with van der Waals surface area (Å²) in [5.74, 6) is 0.166. The molecule has 0 N–H and O–H groups in total. The van der Waals surface area contributed by atoms with Gasteiger partial charge in [-0.1, -0.05) is 20.8 Å². The van der Waals surface area contributed by atoms with E-state index in [9.17, 15) is 9.59 Å². The molecule has 0 bridgehead atoms. The van der Waals surface area contributed by atoms with E-state index >= 15 is 0 Å². The average Bonchev–Trinajstić information content (AvgIpc) is 3.05. The van der Waals surface area contributed by atoms with Gasteiger partial charge in [-0.3, -0.25) is 14.5 Å². The van der Waals surface area contributed by atoms with Crippen molar-refractivity contribution in [2.24, 2.45) is 0 Å². The van der Waals surface area contributed by atoms with Gasteiger partial charge in [-0.2, -0.15) is 5.10 Å². The molecule has 3 heterocycles. The Morgan fingerprint density at radius 1 is 1.14 bits per heavy atom. The zero-order valence-electron chi connectivity index (χ0n) is 17.1. The maximum atomic E-state index is 12.5. The van der Waals surface area contributed by atoms with Gasteiger partial charge in [0.1, 0.15) is 0 Å². The molecule has 1 aliphatic heterocycles. The number of hydrogen-bond acceptors (Lipinski definition) is 6. The summed E-state index contributed by atoms with van der Waals surface area (Å²) in [6, 6.07) is 3.42. The Kier molecular flexibility index (Phi) is 6.30. The highest BCUT2D eigenvalue weighted by atomic mass is 32.1. The number of thiazole rings is 1. The van der Waals surface area contributed by atoms with Gasteiger partial charge in [-0.25, -0.2) is 9.67 Å². The van der Waals surface area contributed by atoms with Gasteiger partial charge in [0, 0.05) is 55.3 Å². The second-order valence-electron chi connectivity index (χ2n) is 8.27. The molecular formula is C20H29N5O2S. The van der Waals surface area contributed by atoms with E-state index in [1.807, 2.05) is 17.9 Å². The van der Waals surface area contributed by atoms with E-state index in [1.54, 1.807) is 28.3 Å². The van der Waals surface area contributed by atoms with Crippen molar-refractivity contribution in [1.29, 1.82) is 0 Å². The number of amides is 1. The minimum Gasteiger partial charge on any atom is -0.340 e. The van der Waals surface area contributed by atoms with Gasteiger partial charge in [0.25, 0.3) is 5.56 Å². The van der Waals surface area contributed by atoms with Crippen molar-refractivity contribution in [3.05, 3.63) is 44.3 Å². The molecular weight excluding hydrogens is 374 g/mol. The maximum absolute atomic E-state index is 12.5. The smallest absolute Gasteiger partial charge is 0.266 e. The summed E-state index contributed by atoms with van der Waals surface area (Å²) in [7, 11) is 0. The van der Waals surface area contributed by atoms with Gasteiger partial charge in [-0.15, -0.1) is 11.3 Å². The Morgan fingerprint density at radius 2 is 1.86 bits per heavy atom. The summed E-state index contributed by atoms with van der Waals surface area (Å²) in [6.45, 7) is 12.6. The molecule has 28 heavy (non-hydrogen) atoms. The van der Waals surface area contributed by atoms with Crippen LogP contribution >= 0.6 is 11.3 Å². The van der Waals surface area contributed by atoms with Crippen LogP contribution in [0.4, 0.5) is 0 Å². The summed E-state index contributed by atoms with van der Waals surface area (Å²) < 4.78 is 1.56. The summed E-state index contributed by atoms with van der Waals surface area (Å²) >= 11 is 1.58. The largest absolute Gasteiger partial charge is 0.340 e. The Morgan fingerprint density at radius 3 is 2.46 bits per heavy atom. The summed E-state index contributed by atoms with van der Waals surface area (Å²) in [5.41, 5.74) is 0.764. The molecule has 0 radical (unpaired) electrons. The number of aryl methyl sites for hydroxylation is 1. The van der Waals surface area contributed by atoms with Crippen LogP contribution in [0.5, 0.6) is 0 Å². The number of aromatic nitrogens is 3. The van der Waals surface area contributed by atoms with Crippen LogP contribution in [0.25, 0.3) is 0 Å². The highest BCUT2D eigenvalue weighted by Crippen LogP contribution is 2.18. The average molecular weight is 404 g/mol. The van der Waals surface area contributed by atoms with Crippen molar-refractivity contribution >= 4 is 17.2 Å². The van der Waals surface area contributed by atoms with E-state index in [4.69, 9.17) is 0 Å². The first-order valence-electron chi connectivity index (χ1n) is 9.72. The number of rotatable bonds is 5. The van der Waals surface area contributed by atoms with E-state index in [0.717, 1.165) is 48.3 Å². The first-order valence-corrected chi connectivity index (χ1v) is 10.5. The summed E-state index contributed by atoms with van der Waals surface area (Å²) in [6.07, 6.45) is 2.23. The fraction of sp³-hybridized carbons (Fsp3) is 0.600. The SMILES string of the molecule is Cc1ncc(CC(=O)N2CCN(CCn3nc(C(C)(C)C)ccc3=O)CC2)s1. The number of carbonyl (C=O) groups is 1. The molecule has 1 amide bonds. The molecule has 0 atom stereocenters. The molecule has 2 aromatic heterocycles. The summed E-state index contributed by atoms with van der Waals surface area (Å²) in [4.78, 5) is 34.0. The van der Waals surface area contributed by atoms with Crippen LogP contribution < -0.4 is 5.56 Å². The number of piperazine rings is 1. The third-order valence-electron chi connectivity index (χ3n) is 4.98. The zero-order valence-corrected chi connectivity index (χ0v) is 18.0. The van der Waals surface area contributed by atoms with Crippen LogP contribution in [-0.2, 0) is 23.2 Å². The van der Waals surface area contributed by atoms with Gasteiger partial charge in [0.05, 0.1) is 23.7 Å². The molecule has 0 aliphatic carbocycles. The van der Waals surface area contributed by atoms with E-state index in [-0.39, 0.29) is 16.9 Å². The lowest BCUT2D eigenvalue weighted by molar-refractivity contribution is -0.132. The molecule has 0 spiro atoms. The molecule has 0 unspecified atom stereocenters. The second kappa shape index (κ2) is 8.53. The molecule has 8 heteroatoms. The minimum atomic E-state index is -0.0853. The Hall–Kier alpha value is -2.06. The second-order valence-corrected chi connectivity index (χ2v) is 9.59. The topological polar surface area (TPSA) is 71.3 Å². The quantitative estimate of drug-likeness (QED) is 0.760. The molecule has 1 saturated heterocycles. The lowest BCUT2D eigenvalue weighted by Crippen LogP contribution is -2.50. The van der Waals surface area contributed by atoms with E-state index in [2.05, 4.69) is 35.8 Å². The summed E-state index contributed by atoms with van der Waals surface area (Å²) in [5, 5.41) is 5.52. The maximum Gasteiger partial charge on any atom is 0.266 e. The molecule has 1 aliphatic rings. The number of carbonyl (C=O) groups excluding carboxylic acids is 1. The van der Waals surface area contributed by atoms with Crippen molar-refractivity contribution in [2.75, 3.05) is 32.7 Å². The van der Waals surface area contributed by atoms with Crippen LogP contribution in [0.3, 0.4) is 0 Å². The molecule has 2 aromatic rings. The normalized spacial score (nSPS) is 15.8. The van der Waals surface area contributed by atoms with E-state index in [1.165, 1.54) is 0 Å². The highest BCUT2D eigenvalue weighted by molar-refractivity contribution is 7.11. The van der Waals surface area contributed by atoms with E-state index < -0.39 is 0 Å². The third-order valence-corrected chi connectivity index (χ3v) is 5.90. The first-order chi connectivity index (χ1) is 13.2. The van der Waals surface area contributed by atoms with Crippen molar-refractivity contribution < 1.29 is 4.79 Å². The predicted octanol–water partition coefficient (Wildman–Crippen LogP) is 1.69. The van der Waals surface area contributed by atoms with Gasteiger partial charge >= 0.3 is 0 Å². The van der Waals surface area contributed by atoms with Crippen LogP contribution in [0.1, 0.15) is 36.3 Å². The van der Waals surface area contributed by atoms with Gasteiger partial charge in [-0.05, 0) is 13.0 Å². The predicted molar refractivity (Wildman–Crippen MR) is 111 cm³/mol. The molecule has 0 aromatic carbocycles. The molecule has 1 fully saturated rings. The Balaban J connectivity index is 1.49. The van der Waals surface area contributed by atoms with Crippen LogP contribution in [0, 0.1) is 6.92 Å². The standard InChI is InChI=1S/C20H29N5O2S/c1-15-21-14-16(28-15)13-19(27)24-10-7-23(8-11-24)9-12-25-18(26)6-5-17(22-25)20(2,3)4/h5-6,14H,7-13H2,1-4H3. The van der Waals surface area contributed by atoms with Gasteiger partial charge in [0.2, 0.25) is 5.91 Å². The van der Waals surface area contributed by atoms with Crippen molar-refractivity contribution in [3.8, 4) is 0 Å². The first kappa shape index (κ1) is 20.7. The van der Waals surface area contributed by atoms with E-state index in [0.29, 0.717) is 13.0 Å². The van der Waals surface area contributed by atoms with Crippen LogP contribution in [0.15, 0.2) is 23.1 Å². The van der Waals surface area contributed by atoms with Crippen molar-refractivity contribution in [3.63, 3.8) is 0 Å². The molecule has 3 rings (SSSR count). The Labute approximate surface area is 170 Å². The van der Waals surface area contributed by atoms with Crippen LogP contribution in [0.2, 0.25) is 0 Å². The Bertz CT molecular complexity index is 875.